The Bertz CT molecular complexity index is 1120. The van der Waals surface area contributed by atoms with Crippen LogP contribution < -0.4 is 5.32 Å². The summed E-state index contributed by atoms with van der Waals surface area (Å²) in [7, 11) is 0. The second-order valence-corrected chi connectivity index (χ2v) is 10.9. The van der Waals surface area contributed by atoms with Gasteiger partial charge in [-0.25, -0.2) is 0 Å². The molecule has 194 valence electrons. The molecular weight excluding hydrogens is 454 g/mol. The molecule has 7 heteroatoms. The number of hydrogen-bond acceptors (Lipinski definition) is 6. The van der Waals surface area contributed by atoms with Crippen molar-refractivity contribution in [2.24, 2.45) is 11.3 Å². The average molecular weight is 494 g/mol. The molecule has 0 bridgehead atoms. The molecule has 36 heavy (non-hydrogen) atoms. The number of nitrogens with one attached hydrogen (secondary N) is 1. The Morgan fingerprint density at radius 1 is 1.14 bits per heavy atom. The van der Waals surface area contributed by atoms with E-state index in [1.165, 1.54) is 0 Å². The standard InChI is InChI=1S/C29H39N3O4/c1-21(2)18-32(19-22-8-9-26-24(15-22)10-14-35-26)28(34)25(31-13-11-29(3,4)5)16-27(33)36-20-23-7-6-12-30-17-23/h6-10,12,14-15,17,21,25,31H,11,13,16,18-20H2,1-5H3/t25-/m0/s1. The van der Waals surface area contributed by atoms with Gasteiger partial charge in [0, 0.05) is 36.4 Å². The van der Waals surface area contributed by atoms with Crippen LogP contribution >= 0.6 is 0 Å². The molecule has 0 spiro atoms. The highest BCUT2D eigenvalue weighted by atomic mass is 16.5. The number of aromatic nitrogens is 1. The van der Waals surface area contributed by atoms with Gasteiger partial charge in [0.05, 0.1) is 18.7 Å². The van der Waals surface area contributed by atoms with Gasteiger partial charge in [-0.05, 0) is 54.1 Å². The second-order valence-electron chi connectivity index (χ2n) is 10.9. The van der Waals surface area contributed by atoms with Crippen LogP contribution in [0.4, 0.5) is 0 Å². The number of nitrogens with zero attached hydrogens (tertiary/aromatic N) is 2. The molecule has 0 fully saturated rings. The molecule has 0 aliphatic carbocycles. The van der Waals surface area contributed by atoms with Crippen LogP contribution in [0.1, 0.15) is 58.6 Å². The van der Waals surface area contributed by atoms with Crippen molar-refractivity contribution in [1.82, 2.24) is 15.2 Å². The first-order chi connectivity index (χ1) is 17.1. The largest absolute Gasteiger partial charge is 0.464 e. The Hall–Kier alpha value is -3.19. The van der Waals surface area contributed by atoms with Gasteiger partial charge in [0.2, 0.25) is 5.91 Å². The van der Waals surface area contributed by atoms with E-state index < -0.39 is 12.0 Å². The summed E-state index contributed by atoms with van der Waals surface area (Å²) in [5.74, 6) is -0.229. The maximum Gasteiger partial charge on any atom is 0.308 e. The van der Waals surface area contributed by atoms with Crippen molar-refractivity contribution in [3.63, 3.8) is 0 Å². The lowest BCUT2D eigenvalue weighted by Crippen LogP contribution is -2.49. The van der Waals surface area contributed by atoms with Gasteiger partial charge in [-0.3, -0.25) is 14.6 Å². The summed E-state index contributed by atoms with van der Waals surface area (Å²) in [6.45, 7) is 12.5. The Labute approximate surface area is 214 Å². The summed E-state index contributed by atoms with van der Waals surface area (Å²) in [6, 6.07) is 10.9. The molecule has 1 atom stereocenters. The van der Waals surface area contributed by atoms with Crippen molar-refractivity contribution in [2.45, 2.75) is 66.7 Å². The van der Waals surface area contributed by atoms with Gasteiger partial charge in [0.25, 0.3) is 0 Å². The monoisotopic (exact) mass is 493 g/mol. The van der Waals surface area contributed by atoms with Crippen molar-refractivity contribution < 1.29 is 18.7 Å². The van der Waals surface area contributed by atoms with Gasteiger partial charge in [0.15, 0.2) is 0 Å². The Kier molecular flexibility index (Phi) is 9.65. The molecule has 1 aromatic carbocycles. The first kappa shape index (κ1) is 27.4. The zero-order chi connectivity index (χ0) is 26.1. The number of carbonyl (C=O) groups excluding carboxylic acids is 2. The SMILES string of the molecule is CC(C)CN(Cc1ccc2occc2c1)C(=O)[C@H](CC(=O)OCc1cccnc1)NCCC(C)(C)C. The Morgan fingerprint density at radius 2 is 1.94 bits per heavy atom. The lowest BCUT2D eigenvalue weighted by molar-refractivity contribution is -0.149. The molecule has 0 saturated heterocycles. The summed E-state index contributed by atoms with van der Waals surface area (Å²) in [5.41, 5.74) is 2.76. The fourth-order valence-electron chi connectivity index (χ4n) is 3.97. The summed E-state index contributed by atoms with van der Waals surface area (Å²) in [5, 5.41) is 4.35. The summed E-state index contributed by atoms with van der Waals surface area (Å²) < 4.78 is 10.9. The van der Waals surface area contributed by atoms with Gasteiger partial charge in [-0.1, -0.05) is 46.8 Å². The minimum Gasteiger partial charge on any atom is -0.464 e. The van der Waals surface area contributed by atoms with Crippen LogP contribution in [-0.4, -0.2) is 40.9 Å². The summed E-state index contributed by atoms with van der Waals surface area (Å²) in [4.78, 5) is 32.4. The molecule has 1 N–H and O–H groups in total. The van der Waals surface area contributed by atoms with Gasteiger partial charge in [0.1, 0.15) is 12.2 Å². The average Bonchev–Trinajstić information content (AvgIpc) is 3.29. The minimum atomic E-state index is -0.662. The lowest BCUT2D eigenvalue weighted by Gasteiger charge is -2.30. The Morgan fingerprint density at radius 3 is 2.64 bits per heavy atom. The van der Waals surface area contributed by atoms with Crippen molar-refractivity contribution >= 4 is 22.8 Å². The number of esters is 1. The van der Waals surface area contributed by atoms with Crippen molar-refractivity contribution in [3.05, 3.63) is 66.2 Å². The molecule has 0 unspecified atom stereocenters. The molecule has 7 nitrogen and oxygen atoms in total. The van der Waals surface area contributed by atoms with E-state index in [-0.39, 0.29) is 30.3 Å². The van der Waals surface area contributed by atoms with Crippen LogP contribution in [-0.2, 0) is 27.5 Å². The topological polar surface area (TPSA) is 84.7 Å². The number of benzene rings is 1. The van der Waals surface area contributed by atoms with E-state index in [0.717, 1.165) is 28.5 Å². The number of amides is 1. The first-order valence-corrected chi connectivity index (χ1v) is 12.6. The zero-order valence-electron chi connectivity index (χ0n) is 22.1. The van der Waals surface area contributed by atoms with Crippen LogP contribution in [0.15, 0.2) is 59.5 Å². The predicted molar refractivity (Wildman–Crippen MR) is 141 cm³/mol. The molecule has 3 rings (SSSR count). The molecule has 0 radical (unpaired) electrons. The second kappa shape index (κ2) is 12.7. The van der Waals surface area contributed by atoms with Crippen molar-refractivity contribution in [1.29, 1.82) is 0 Å². The molecule has 3 aromatic rings. The van der Waals surface area contributed by atoms with Crippen LogP contribution in [0.2, 0.25) is 0 Å². The van der Waals surface area contributed by atoms with Gasteiger partial charge in [-0.2, -0.15) is 0 Å². The van der Waals surface area contributed by atoms with E-state index in [4.69, 9.17) is 9.15 Å². The smallest absolute Gasteiger partial charge is 0.308 e. The summed E-state index contributed by atoms with van der Waals surface area (Å²) in [6.07, 6.45) is 5.85. The number of furan rings is 1. The van der Waals surface area contributed by atoms with Crippen LogP contribution in [0.25, 0.3) is 11.0 Å². The fourth-order valence-corrected chi connectivity index (χ4v) is 3.97. The van der Waals surface area contributed by atoms with Gasteiger partial charge < -0.3 is 19.4 Å². The maximum absolute atomic E-state index is 13.8. The molecular formula is C29H39N3O4. The van der Waals surface area contributed by atoms with Gasteiger partial charge in [-0.15, -0.1) is 0 Å². The highest BCUT2D eigenvalue weighted by Gasteiger charge is 2.28. The Balaban J connectivity index is 1.73. The van der Waals surface area contributed by atoms with Crippen LogP contribution in [0, 0.1) is 11.3 Å². The third kappa shape index (κ3) is 8.79. The lowest BCUT2D eigenvalue weighted by atomic mass is 9.92. The molecule has 0 aliphatic rings. The normalized spacial score (nSPS) is 12.6. The van der Waals surface area contributed by atoms with E-state index in [1.807, 2.05) is 35.2 Å². The predicted octanol–water partition coefficient (Wildman–Crippen LogP) is 5.34. The highest BCUT2D eigenvalue weighted by molar-refractivity contribution is 5.87. The third-order valence-electron chi connectivity index (χ3n) is 5.84. The number of pyridine rings is 1. The third-order valence-corrected chi connectivity index (χ3v) is 5.84. The molecule has 0 aliphatic heterocycles. The number of hydrogen-bond donors (Lipinski definition) is 1. The molecule has 1 amide bonds. The van der Waals surface area contributed by atoms with Gasteiger partial charge >= 0.3 is 5.97 Å². The van der Waals surface area contributed by atoms with Crippen LogP contribution in [0.3, 0.4) is 0 Å². The number of rotatable bonds is 12. The number of carbonyl (C=O) groups is 2. The summed E-state index contributed by atoms with van der Waals surface area (Å²) >= 11 is 0. The maximum atomic E-state index is 13.8. The molecule has 0 saturated carbocycles. The van der Waals surface area contributed by atoms with E-state index in [1.54, 1.807) is 24.7 Å². The highest BCUT2D eigenvalue weighted by Crippen LogP contribution is 2.20. The number of ether oxygens (including phenoxy) is 1. The fraction of sp³-hybridized carbons (Fsp3) is 0.483. The number of fused-ring (bicyclic) bond motifs is 1. The first-order valence-electron chi connectivity index (χ1n) is 12.6. The van der Waals surface area contributed by atoms with E-state index in [9.17, 15) is 9.59 Å². The van der Waals surface area contributed by atoms with E-state index in [0.29, 0.717) is 19.6 Å². The molecule has 2 aromatic heterocycles. The quantitative estimate of drug-likeness (QED) is 0.343. The van der Waals surface area contributed by atoms with E-state index in [2.05, 4.69) is 44.9 Å². The molecule has 2 heterocycles. The van der Waals surface area contributed by atoms with E-state index >= 15 is 0 Å². The van der Waals surface area contributed by atoms with Crippen molar-refractivity contribution in [2.75, 3.05) is 13.1 Å². The minimum absolute atomic E-state index is 0.0292. The van der Waals surface area contributed by atoms with Crippen molar-refractivity contribution in [3.8, 4) is 0 Å². The zero-order valence-corrected chi connectivity index (χ0v) is 22.1. The van der Waals surface area contributed by atoms with Crippen LogP contribution in [0.5, 0.6) is 0 Å².